The molecule has 3 rings (SSSR count). The van der Waals surface area contributed by atoms with Crippen LogP contribution in [0, 0.1) is 5.82 Å². The Hall–Kier alpha value is -2.46. The van der Waals surface area contributed by atoms with E-state index < -0.39 is 0 Å². The van der Waals surface area contributed by atoms with Crippen molar-refractivity contribution in [1.82, 2.24) is 19.7 Å². The van der Waals surface area contributed by atoms with Crippen molar-refractivity contribution in [3.8, 4) is 5.75 Å². The lowest BCUT2D eigenvalue weighted by Crippen LogP contribution is -2.15. The third kappa shape index (κ3) is 5.52. The van der Waals surface area contributed by atoms with Gasteiger partial charge < -0.3 is 14.6 Å². The average molecular weight is 466 g/mol. The number of nitrogens with zero attached hydrogens (tertiary/aromatic N) is 4. The fourth-order valence-corrected chi connectivity index (χ4v) is 3.34. The first-order valence-corrected chi connectivity index (χ1v) is 10.2. The van der Waals surface area contributed by atoms with Crippen molar-refractivity contribution in [3.05, 3.63) is 58.7 Å². The summed E-state index contributed by atoms with van der Waals surface area (Å²) < 4.78 is 21.3. The topological polar surface area (TPSA) is 81.9 Å². The first-order chi connectivity index (χ1) is 13.5. The molecule has 0 saturated heterocycles. The molecule has 0 aliphatic heterocycles. The van der Waals surface area contributed by atoms with Crippen LogP contribution >= 0.6 is 27.7 Å². The predicted molar refractivity (Wildman–Crippen MR) is 108 cm³/mol. The van der Waals surface area contributed by atoms with E-state index in [-0.39, 0.29) is 24.1 Å². The lowest BCUT2D eigenvalue weighted by atomic mass is 10.3. The van der Waals surface area contributed by atoms with Gasteiger partial charge in [-0.15, -0.1) is 10.2 Å². The van der Waals surface area contributed by atoms with E-state index in [0.29, 0.717) is 29.1 Å². The van der Waals surface area contributed by atoms with E-state index in [1.165, 1.54) is 23.9 Å². The summed E-state index contributed by atoms with van der Waals surface area (Å²) in [4.78, 5) is 16.2. The minimum absolute atomic E-state index is 0.175. The van der Waals surface area contributed by atoms with E-state index in [4.69, 9.17) is 4.74 Å². The Labute approximate surface area is 173 Å². The number of nitrogens with one attached hydrogen (secondary N) is 1. The summed E-state index contributed by atoms with van der Waals surface area (Å²) in [5.74, 6) is 1.33. The molecule has 0 radical (unpaired) electrons. The summed E-state index contributed by atoms with van der Waals surface area (Å²) in [6.45, 7) is 2.79. The molecule has 0 bridgehead atoms. The second-order valence-corrected chi connectivity index (χ2v) is 7.44. The second-order valence-electron chi connectivity index (χ2n) is 5.58. The summed E-state index contributed by atoms with van der Waals surface area (Å²) >= 11 is 4.58. The van der Waals surface area contributed by atoms with Gasteiger partial charge in [0, 0.05) is 17.2 Å². The highest BCUT2D eigenvalue weighted by atomic mass is 79.9. The highest BCUT2D eigenvalue weighted by Gasteiger charge is 2.14. The normalized spacial score (nSPS) is 10.7. The Morgan fingerprint density at radius 3 is 2.71 bits per heavy atom. The van der Waals surface area contributed by atoms with Crippen LogP contribution in [-0.4, -0.2) is 31.4 Å². The van der Waals surface area contributed by atoms with Gasteiger partial charge in [-0.3, -0.25) is 4.79 Å². The minimum Gasteiger partial charge on any atom is -0.486 e. The Morgan fingerprint density at radius 1 is 1.25 bits per heavy atom. The van der Waals surface area contributed by atoms with Crippen LogP contribution in [0.4, 0.5) is 10.2 Å². The van der Waals surface area contributed by atoms with Gasteiger partial charge in [-0.1, -0.05) is 11.8 Å². The molecule has 0 aliphatic rings. The smallest absolute Gasteiger partial charge is 0.236 e. The van der Waals surface area contributed by atoms with Crippen molar-refractivity contribution in [2.75, 3.05) is 11.1 Å². The number of hydrogen-bond acceptors (Lipinski definition) is 6. The summed E-state index contributed by atoms with van der Waals surface area (Å²) in [7, 11) is 0. The van der Waals surface area contributed by atoms with Gasteiger partial charge in [0.1, 0.15) is 24.0 Å². The number of hydrogen-bond donors (Lipinski definition) is 1. The summed E-state index contributed by atoms with van der Waals surface area (Å²) in [5.41, 5.74) is 0. The van der Waals surface area contributed by atoms with E-state index in [1.54, 1.807) is 30.5 Å². The molecule has 0 spiro atoms. The molecule has 1 N–H and O–H groups in total. The van der Waals surface area contributed by atoms with Crippen molar-refractivity contribution in [2.24, 2.45) is 0 Å². The standard InChI is InChI=1S/C18H17BrFN5O2S/c1-2-25-16(10-27-14-6-4-13(20)5-7-14)23-24-18(25)28-11-17(26)22-15-8-3-12(19)9-21-15/h3-9H,2,10-11H2,1H3,(H,21,22,26). The highest BCUT2D eigenvalue weighted by Crippen LogP contribution is 2.19. The number of rotatable bonds is 8. The van der Waals surface area contributed by atoms with Gasteiger partial charge in [-0.2, -0.15) is 0 Å². The zero-order valence-corrected chi connectivity index (χ0v) is 17.3. The molecule has 7 nitrogen and oxygen atoms in total. The van der Waals surface area contributed by atoms with Crippen molar-refractivity contribution < 1.29 is 13.9 Å². The van der Waals surface area contributed by atoms with Gasteiger partial charge in [0.15, 0.2) is 11.0 Å². The first-order valence-electron chi connectivity index (χ1n) is 8.40. The Bertz CT molecular complexity index is 934. The number of aromatic nitrogens is 4. The fraction of sp³-hybridized carbons (Fsp3) is 0.222. The maximum Gasteiger partial charge on any atom is 0.236 e. The molecule has 2 heterocycles. The van der Waals surface area contributed by atoms with Crippen LogP contribution in [0.5, 0.6) is 5.75 Å². The average Bonchev–Trinajstić information content (AvgIpc) is 3.09. The van der Waals surface area contributed by atoms with E-state index in [9.17, 15) is 9.18 Å². The lowest BCUT2D eigenvalue weighted by Gasteiger charge is -2.09. The van der Waals surface area contributed by atoms with E-state index in [0.717, 1.165) is 4.47 Å². The van der Waals surface area contributed by atoms with E-state index in [2.05, 4.69) is 36.4 Å². The number of pyridine rings is 1. The molecule has 0 fully saturated rings. The third-order valence-corrected chi connectivity index (χ3v) is 5.05. The largest absolute Gasteiger partial charge is 0.486 e. The number of carbonyl (C=O) groups is 1. The van der Waals surface area contributed by atoms with Gasteiger partial charge in [-0.25, -0.2) is 9.37 Å². The molecular weight excluding hydrogens is 449 g/mol. The first kappa shape index (κ1) is 20.3. The molecule has 1 aromatic carbocycles. The van der Waals surface area contributed by atoms with Crippen LogP contribution in [0.3, 0.4) is 0 Å². The molecule has 0 atom stereocenters. The van der Waals surface area contributed by atoms with Gasteiger partial charge in [0.2, 0.25) is 5.91 Å². The van der Waals surface area contributed by atoms with Crippen LogP contribution in [0.15, 0.2) is 52.2 Å². The Kier molecular flexibility index (Phi) is 6.99. The summed E-state index contributed by atoms with van der Waals surface area (Å²) in [6.07, 6.45) is 1.61. The molecule has 3 aromatic rings. The van der Waals surface area contributed by atoms with Crippen molar-refractivity contribution >= 4 is 39.4 Å². The number of anilines is 1. The Balaban J connectivity index is 1.56. The van der Waals surface area contributed by atoms with Crippen molar-refractivity contribution in [1.29, 1.82) is 0 Å². The fourth-order valence-electron chi connectivity index (χ4n) is 2.29. The molecule has 10 heteroatoms. The monoisotopic (exact) mass is 465 g/mol. The lowest BCUT2D eigenvalue weighted by molar-refractivity contribution is -0.113. The predicted octanol–water partition coefficient (Wildman–Crippen LogP) is 3.90. The number of thioether (sulfide) groups is 1. The second kappa shape index (κ2) is 9.65. The maximum absolute atomic E-state index is 13.0. The number of benzene rings is 1. The number of amides is 1. The van der Waals surface area contributed by atoms with Crippen molar-refractivity contribution in [3.63, 3.8) is 0 Å². The molecule has 0 saturated carbocycles. The quantitative estimate of drug-likeness (QED) is 0.507. The number of ether oxygens (including phenoxy) is 1. The number of halogens is 2. The van der Waals surface area contributed by atoms with Crippen LogP contribution in [0.2, 0.25) is 0 Å². The molecule has 0 aliphatic carbocycles. The van der Waals surface area contributed by atoms with Gasteiger partial charge in [-0.05, 0) is 59.3 Å². The zero-order valence-electron chi connectivity index (χ0n) is 14.9. The van der Waals surface area contributed by atoms with Crippen LogP contribution < -0.4 is 10.1 Å². The van der Waals surface area contributed by atoms with Crippen LogP contribution in [0.25, 0.3) is 0 Å². The third-order valence-electron chi connectivity index (χ3n) is 3.62. The molecule has 2 aromatic heterocycles. The van der Waals surface area contributed by atoms with Gasteiger partial charge in [0.25, 0.3) is 0 Å². The maximum atomic E-state index is 13.0. The molecule has 1 amide bonds. The number of carbonyl (C=O) groups excluding carboxylic acids is 1. The summed E-state index contributed by atoms with van der Waals surface area (Å²) in [5, 5.41) is 11.6. The molecular formula is C18H17BrFN5O2S. The SMILES string of the molecule is CCn1c(COc2ccc(F)cc2)nnc1SCC(=O)Nc1ccc(Br)cn1. The molecule has 146 valence electrons. The Morgan fingerprint density at radius 2 is 2.04 bits per heavy atom. The van der Waals surface area contributed by atoms with Gasteiger partial charge >= 0.3 is 0 Å². The van der Waals surface area contributed by atoms with Crippen molar-refractivity contribution in [2.45, 2.75) is 25.2 Å². The summed E-state index contributed by atoms with van der Waals surface area (Å²) in [6, 6.07) is 9.29. The zero-order chi connectivity index (χ0) is 19.9. The minimum atomic E-state index is -0.320. The van der Waals surface area contributed by atoms with E-state index >= 15 is 0 Å². The van der Waals surface area contributed by atoms with Crippen LogP contribution in [-0.2, 0) is 17.9 Å². The van der Waals surface area contributed by atoms with E-state index in [1.807, 2.05) is 11.5 Å². The molecule has 28 heavy (non-hydrogen) atoms. The van der Waals surface area contributed by atoms with Crippen LogP contribution in [0.1, 0.15) is 12.7 Å². The van der Waals surface area contributed by atoms with Gasteiger partial charge in [0.05, 0.1) is 5.75 Å². The highest BCUT2D eigenvalue weighted by molar-refractivity contribution is 9.10. The molecule has 0 unspecified atom stereocenters.